The van der Waals surface area contributed by atoms with E-state index in [0.717, 1.165) is 24.4 Å². The summed E-state index contributed by atoms with van der Waals surface area (Å²) >= 11 is 1.63. The van der Waals surface area contributed by atoms with Crippen LogP contribution < -0.4 is 5.32 Å². The molecule has 0 spiro atoms. The minimum Gasteiger partial charge on any atom is -0.348 e. The molecule has 2 heterocycles. The van der Waals surface area contributed by atoms with Gasteiger partial charge in [-0.2, -0.15) is 0 Å². The van der Waals surface area contributed by atoms with Crippen LogP contribution in [0, 0.1) is 0 Å². The molecule has 0 aromatic carbocycles. The molecule has 0 saturated carbocycles. The van der Waals surface area contributed by atoms with Crippen LogP contribution in [0.15, 0.2) is 23.4 Å². The van der Waals surface area contributed by atoms with Crippen molar-refractivity contribution in [2.24, 2.45) is 0 Å². The number of rotatable bonds is 5. The molecule has 0 aliphatic rings. The van der Waals surface area contributed by atoms with E-state index in [2.05, 4.69) is 32.6 Å². The highest BCUT2D eigenvalue weighted by molar-refractivity contribution is 7.07. The van der Waals surface area contributed by atoms with E-state index in [1.165, 1.54) is 0 Å². The molecular weight excluding hydrogens is 208 g/mol. The number of hydrogen-bond acceptors (Lipinski definition) is 4. The molecule has 0 saturated heterocycles. The van der Waals surface area contributed by atoms with E-state index in [1.807, 2.05) is 11.7 Å². The first-order chi connectivity index (χ1) is 7.36. The number of aromatic amines is 1. The molecule has 0 bridgehead atoms. The molecule has 80 valence electrons. The number of nitrogens with zero attached hydrogens (tertiary/aromatic N) is 2. The topological polar surface area (TPSA) is 53.6 Å². The third-order valence-electron chi connectivity index (χ3n) is 2.29. The second-order valence-corrected chi connectivity index (χ2v) is 4.13. The summed E-state index contributed by atoms with van der Waals surface area (Å²) in [5.74, 6) is 0. The third-order valence-corrected chi connectivity index (χ3v) is 2.90. The minimum atomic E-state index is 0.319. The van der Waals surface area contributed by atoms with Crippen molar-refractivity contribution in [3.05, 3.63) is 34.8 Å². The first-order valence-corrected chi connectivity index (χ1v) is 5.89. The molecule has 0 aliphatic carbocycles. The Hall–Kier alpha value is -1.20. The summed E-state index contributed by atoms with van der Waals surface area (Å²) in [6.45, 7) is 3.06. The van der Waals surface area contributed by atoms with Gasteiger partial charge in [0.25, 0.3) is 0 Å². The third kappa shape index (κ3) is 2.87. The molecule has 5 heteroatoms. The largest absolute Gasteiger partial charge is 0.348 e. The lowest BCUT2D eigenvalue weighted by Gasteiger charge is -2.10. The van der Waals surface area contributed by atoms with Crippen LogP contribution in [0.25, 0.3) is 0 Å². The SMILES string of the molecule is CC(NCCc1cnc[nH]1)c1cscn1. The molecule has 0 aliphatic heterocycles. The van der Waals surface area contributed by atoms with E-state index in [9.17, 15) is 0 Å². The Labute approximate surface area is 92.8 Å². The van der Waals surface area contributed by atoms with Gasteiger partial charge in [0, 0.05) is 36.3 Å². The molecule has 2 aromatic rings. The van der Waals surface area contributed by atoms with Crippen LogP contribution in [-0.4, -0.2) is 21.5 Å². The van der Waals surface area contributed by atoms with Gasteiger partial charge in [0.2, 0.25) is 0 Å². The van der Waals surface area contributed by atoms with Crippen molar-refractivity contribution >= 4 is 11.3 Å². The smallest absolute Gasteiger partial charge is 0.0921 e. The zero-order chi connectivity index (χ0) is 10.5. The van der Waals surface area contributed by atoms with Gasteiger partial charge in [0.05, 0.1) is 17.5 Å². The molecular formula is C10H14N4S. The Morgan fingerprint density at radius 2 is 2.53 bits per heavy atom. The van der Waals surface area contributed by atoms with Gasteiger partial charge in [-0.15, -0.1) is 11.3 Å². The molecule has 2 N–H and O–H groups in total. The zero-order valence-corrected chi connectivity index (χ0v) is 9.42. The summed E-state index contributed by atoms with van der Waals surface area (Å²) in [5, 5.41) is 5.50. The van der Waals surface area contributed by atoms with Gasteiger partial charge >= 0.3 is 0 Å². The monoisotopic (exact) mass is 222 g/mol. The van der Waals surface area contributed by atoms with Gasteiger partial charge in [0.1, 0.15) is 0 Å². The predicted molar refractivity (Wildman–Crippen MR) is 60.8 cm³/mol. The fraction of sp³-hybridized carbons (Fsp3) is 0.400. The lowest BCUT2D eigenvalue weighted by molar-refractivity contribution is 0.564. The highest BCUT2D eigenvalue weighted by Crippen LogP contribution is 2.11. The van der Waals surface area contributed by atoms with Crippen LogP contribution in [0.4, 0.5) is 0 Å². The molecule has 2 rings (SSSR count). The van der Waals surface area contributed by atoms with Gasteiger partial charge in [0.15, 0.2) is 0 Å². The lowest BCUT2D eigenvalue weighted by atomic mass is 10.2. The molecule has 1 unspecified atom stereocenters. The Kier molecular flexibility index (Phi) is 3.47. The molecule has 0 amide bonds. The first kappa shape index (κ1) is 10.3. The van der Waals surface area contributed by atoms with Gasteiger partial charge in [-0.3, -0.25) is 0 Å². The maximum absolute atomic E-state index is 4.27. The van der Waals surface area contributed by atoms with Crippen LogP contribution >= 0.6 is 11.3 Å². The second kappa shape index (κ2) is 5.04. The first-order valence-electron chi connectivity index (χ1n) is 4.95. The number of nitrogens with one attached hydrogen (secondary N) is 2. The standard InChI is InChI=1S/C10H14N4S/c1-8(10-5-15-7-14-10)12-3-2-9-4-11-6-13-9/h4-8,12H,2-3H2,1H3,(H,11,13). The lowest BCUT2D eigenvalue weighted by Crippen LogP contribution is -2.21. The number of H-pyrrole nitrogens is 1. The van der Waals surface area contributed by atoms with Crippen LogP contribution in [0.5, 0.6) is 0 Å². The minimum absolute atomic E-state index is 0.319. The maximum atomic E-state index is 4.27. The summed E-state index contributed by atoms with van der Waals surface area (Å²) < 4.78 is 0. The Morgan fingerprint density at radius 3 is 3.20 bits per heavy atom. The van der Waals surface area contributed by atoms with Crippen LogP contribution in [0.2, 0.25) is 0 Å². The average molecular weight is 222 g/mol. The summed E-state index contributed by atoms with van der Waals surface area (Å²) in [6.07, 6.45) is 4.53. The number of imidazole rings is 1. The molecule has 1 atom stereocenters. The van der Waals surface area contributed by atoms with Crippen molar-refractivity contribution in [3.63, 3.8) is 0 Å². The number of aromatic nitrogens is 3. The molecule has 2 aromatic heterocycles. The van der Waals surface area contributed by atoms with Crippen LogP contribution in [0.1, 0.15) is 24.4 Å². The van der Waals surface area contributed by atoms with Gasteiger partial charge in [-0.1, -0.05) is 0 Å². The van der Waals surface area contributed by atoms with E-state index in [4.69, 9.17) is 0 Å². The van der Waals surface area contributed by atoms with Crippen molar-refractivity contribution in [3.8, 4) is 0 Å². The predicted octanol–water partition coefficient (Wildman–Crippen LogP) is 1.76. The van der Waals surface area contributed by atoms with Crippen molar-refractivity contribution in [1.29, 1.82) is 0 Å². The van der Waals surface area contributed by atoms with E-state index >= 15 is 0 Å². The van der Waals surface area contributed by atoms with E-state index < -0.39 is 0 Å². The Balaban J connectivity index is 1.74. The van der Waals surface area contributed by atoms with Gasteiger partial charge in [-0.25, -0.2) is 9.97 Å². The molecule has 0 radical (unpaired) electrons. The quantitative estimate of drug-likeness (QED) is 0.810. The zero-order valence-electron chi connectivity index (χ0n) is 8.60. The van der Waals surface area contributed by atoms with Crippen molar-refractivity contribution in [2.75, 3.05) is 6.54 Å². The van der Waals surface area contributed by atoms with E-state index in [-0.39, 0.29) is 0 Å². The van der Waals surface area contributed by atoms with Gasteiger partial charge in [-0.05, 0) is 6.92 Å². The Bertz CT molecular complexity index is 368. The maximum Gasteiger partial charge on any atom is 0.0921 e. The molecule has 15 heavy (non-hydrogen) atoms. The summed E-state index contributed by atoms with van der Waals surface area (Å²) in [6, 6.07) is 0.319. The highest BCUT2D eigenvalue weighted by atomic mass is 32.1. The van der Waals surface area contributed by atoms with Crippen molar-refractivity contribution in [2.45, 2.75) is 19.4 Å². The highest BCUT2D eigenvalue weighted by Gasteiger charge is 2.05. The van der Waals surface area contributed by atoms with Crippen LogP contribution in [0.3, 0.4) is 0 Å². The summed E-state index contributed by atoms with van der Waals surface area (Å²) in [7, 11) is 0. The average Bonchev–Trinajstić information content (AvgIpc) is 2.90. The summed E-state index contributed by atoms with van der Waals surface area (Å²) in [4.78, 5) is 11.3. The van der Waals surface area contributed by atoms with E-state index in [0.29, 0.717) is 6.04 Å². The normalized spacial score (nSPS) is 12.9. The number of hydrogen-bond donors (Lipinski definition) is 2. The fourth-order valence-electron chi connectivity index (χ4n) is 1.39. The van der Waals surface area contributed by atoms with Crippen LogP contribution in [-0.2, 0) is 6.42 Å². The summed E-state index contributed by atoms with van der Waals surface area (Å²) in [5.41, 5.74) is 4.14. The molecule has 4 nitrogen and oxygen atoms in total. The number of thiazole rings is 1. The second-order valence-electron chi connectivity index (χ2n) is 3.42. The fourth-order valence-corrected chi connectivity index (χ4v) is 2.03. The van der Waals surface area contributed by atoms with Crippen molar-refractivity contribution < 1.29 is 0 Å². The Morgan fingerprint density at radius 1 is 1.60 bits per heavy atom. The van der Waals surface area contributed by atoms with Crippen molar-refractivity contribution in [1.82, 2.24) is 20.3 Å². The van der Waals surface area contributed by atoms with Gasteiger partial charge < -0.3 is 10.3 Å². The molecule has 0 fully saturated rings. The van der Waals surface area contributed by atoms with E-state index in [1.54, 1.807) is 17.7 Å².